The number of nitrogens with zero attached hydrogens (tertiary/aromatic N) is 5. The van der Waals surface area contributed by atoms with Crippen LogP contribution < -0.4 is 37.9 Å². The number of hydrogen-bond donors (Lipinski definition) is 4. The summed E-state index contributed by atoms with van der Waals surface area (Å²) in [5.41, 5.74) is 9.88. The zero-order valence-electron chi connectivity index (χ0n) is 13.7. The Labute approximate surface area is 151 Å². The summed E-state index contributed by atoms with van der Waals surface area (Å²) in [6.45, 7) is -0.125. The minimum atomic E-state index is -1.26. The topological polar surface area (TPSA) is 223 Å². The first-order valence-electron chi connectivity index (χ1n) is 7.14. The lowest BCUT2D eigenvalue weighted by Crippen LogP contribution is -2.45. The van der Waals surface area contributed by atoms with Crippen molar-refractivity contribution in [3.8, 4) is 5.88 Å². The van der Waals surface area contributed by atoms with Gasteiger partial charge in [0, 0.05) is 0 Å². The number of nitro groups is 1. The molecule has 0 saturated carbocycles. The van der Waals surface area contributed by atoms with E-state index < -0.39 is 40.3 Å². The number of hydrogen-bond acceptors (Lipinski definition) is 9. The van der Waals surface area contributed by atoms with Crippen LogP contribution in [0.5, 0.6) is 5.88 Å². The summed E-state index contributed by atoms with van der Waals surface area (Å²) in [5, 5.41) is 11.9. The minimum absolute atomic E-state index is 0.125. The fraction of sp³-hybridized carbons (Fsp3) is 0.0769. The van der Waals surface area contributed by atoms with E-state index in [1.807, 2.05) is 0 Å². The molecule has 0 aliphatic carbocycles. The van der Waals surface area contributed by atoms with Crippen LogP contribution in [0.3, 0.4) is 0 Å². The molecule has 0 spiro atoms. The van der Waals surface area contributed by atoms with Crippen LogP contribution in [0.25, 0.3) is 0 Å². The number of aromatic nitrogens is 2. The zero-order valence-corrected chi connectivity index (χ0v) is 13.7. The van der Waals surface area contributed by atoms with Crippen molar-refractivity contribution >= 4 is 29.5 Å². The molecule has 4 amide bonds. The molecule has 142 valence electrons. The Morgan fingerprint density at radius 3 is 2.19 bits per heavy atom. The predicted octanol–water partition coefficient (Wildman–Crippen LogP) is -0.519. The summed E-state index contributed by atoms with van der Waals surface area (Å²) in [4.78, 5) is 40.5. The molecule has 0 aliphatic heterocycles. The Morgan fingerprint density at radius 2 is 1.67 bits per heavy atom. The van der Waals surface area contributed by atoms with Gasteiger partial charge in [-0.1, -0.05) is 30.3 Å². The fourth-order valence-corrected chi connectivity index (χ4v) is 1.88. The number of anilines is 2. The van der Waals surface area contributed by atoms with Gasteiger partial charge >= 0.3 is 23.6 Å². The second-order valence-electron chi connectivity index (χ2n) is 4.95. The van der Waals surface area contributed by atoms with Crippen molar-refractivity contribution in [1.29, 1.82) is 0 Å². The first-order valence-corrected chi connectivity index (χ1v) is 7.14. The van der Waals surface area contributed by atoms with Crippen LogP contribution in [0, 0.1) is 10.1 Å². The average Bonchev–Trinajstić information content (AvgIpc) is 2.64. The molecule has 8 N–H and O–H groups in total. The number of primary amides is 2. The number of ether oxygens (including phenoxy) is 1. The lowest BCUT2D eigenvalue weighted by molar-refractivity contribution is -0.385. The number of amides is 4. The van der Waals surface area contributed by atoms with E-state index in [1.165, 1.54) is 0 Å². The molecule has 0 bridgehead atoms. The monoisotopic (exact) mass is 377 g/mol. The lowest BCUT2D eigenvalue weighted by atomic mass is 10.2. The van der Waals surface area contributed by atoms with Crippen molar-refractivity contribution in [3.05, 3.63) is 46.0 Å². The van der Waals surface area contributed by atoms with Gasteiger partial charge in [-0.2, -0.15) is 15.0 Å². The average molecular weight is 377 g/mol. The number of carbonyl (C=O) groups is 2. The fourth-order valence-electron chi connectivity index (χ4n) is 1.88. The molecule has 0 fully saturated rings. The summed E-state index contributed by atoms with van der Waals surface area (Å²) in [5.74, 6) is 8.92. The van der Waals surface area contributed by atoms with E-state index in [9.17, 15) is 19.7 Å². The summed E-state index contributed by atoms with van der Waals surface area (Å²) >= 11 is 0. The summed E-state index contributed by atoms with van der Waals surface area (Å²) < 4.78 is 5.36. The number of carbonyl (C=O) groups excluding carboxylic acids is 2. The van der Waals surface area contributed by atoms with Crippen LogP contribution in [0.15, 0.2) is 30.3 Å². The maximum Gasteiger partial charge on any atom is 0.375 e. The second kappa shape index (κ2) is 7.89. The van der Waals surface area contributed by atoms with Crippen molar-refractivity contribution < 1.29 is 19.2 Å². The number of urea groups is 2. The van der Waals surface area contributed by atoms with Crippen molar-refractivity contribution in [2.24, 2.45) is 23.2 Å². The van der Waals surface area contributed by atoms with E-state index in [1.54, 1.807) is 30.3 Å². The highest BCUT2D eigenvalue weighted by molar-refractivity contribution is 5.92. The van der Waals surface area contributed by atoms with Gasteiger partial charge in [0.25, 0.3) is 5.95 Å². The van der Waals surface area contributed by atoms with Gasteiger partial charge in [-0.25, -0.2) is 26.3 Å². The molecule has 2 aromatic rings. The molecule has 0 atom stereocenters. The van der Waals surface area contributed by atoms with Crippen LogP contribution >= 0.6 is 0 Å². The third-order valence-electron chi connectivity index (χ3n) is 3.14. The van der Waals surface area contributed by atoms with Crippen molar-refractivity contribution in [3.63, 3.8) is 0 Å². The minimum Gasteiger partial charge on any atom is -0.468 e. The maximum atomic E-state index is 11.5. The molecule has 0 unspecified atom stereocenters. The quantitative estimate of drug-likeness (QED) is 0.219. The summed E-state index contributed by atoms with van der Waals surface area (Å²) in [6.07, 6.45) is 0. The van der Waals surface area contributed by atoms with E-state index in [0.29, 0.717) is 5.56 Å². The summed E-state index contributed by atoms with van der Waals surface area (Å²) in [7, 11) is 0. The molecule has 0 aliphatic rings. The van der Waals surface area contributed by atoms with E-state index in [-0.39, 0.29) is 16.6 Å². The van der Waals surface area contributed by atoms with Gasteiger partial charge in [-0.15, -0.1) is 0 Å². The Morgan fingerprint density at radius 1 is 1.07 bits per heavy atom. The van der Waals surface area contributed by atoms with Gasteiger partial charge in [0.2, 0.25) is 5.82 Å². The van der Waals surface area contributed by atoms with Gasteiger partial charge in [0.15, 0.2) is 0 Å². The van der Waals surface area contributed by atoms with E-state index in [4.69, 9.17) is 27.9 Å². The molecular weight excluding hydrogens is 362 g/mol. The Balaban J connectivity index is 2.57. The highest BCUT2D eigenvalue weighted by Crippen LogP contribution is 2.35. The Kier molecular flexibility index (Phi) is 5.64. The normalized spacial score (nSPS) is 10.1. The van der Waals surface area contributed by atoms with Crippen LogP contribution in [-0.2, 0) is 6.61 Å². The standard InChI is InChI=1S/C13H15N9O5/c14-11(23)20(16)9-8(22(25)26)10(19-13(18-9)21(17)12(15)24)27-6-7-4-2-1-3-5-7/h1-5H,6,16-17H2,(H2,14,23)(H2,15,24). The molecule has 27 heavy (non-hydrogen) atoms. The van der Waals surface area contributed by atoms with E-state index >= 15 is 0 Å². The Hall–Kier alpha value is -4.04. The van der Waals surface area contributed by atoms with Gasteiger partial charge < -0.3 is 16.2 Å². The van der Waals surface area contributed by atoms with Gasteiger partial charge in [0.1, 0.15) is 6.61 Å². The largest absolute Gasteiger partial charge is 0.468 e. The maximum absolute atomic E-state index is 11.5. The second-order valence-corrected chi connectivity index (χ2v) is 4.95. The molecule has 1 aromatic carbocycles. The number of nitrogens with two attached hydrogens (primary N) is 4. The highest BCUT2D eigenvalue weighted by Gasteiger charge is 2.32. The molecular formula is C13H15N9O5. The molecule has 1 heterocycles. The van der Waals surface area contributed by atoms with Crippen LogP contribution in [-0.4, -0.2) is 27.0 Å². The molecule has 14 heteroatoms. The third kappa shape index (κ3) is 4.33. The smallest absolute Gasteiger partial charge is 0.375 e. The molecule has 2 rings (SSSR count). The van der Waals surface area contributed by atoms with E-state index in [2.05, 4.69) is 9.97 Å². The zero-order chi connectivity index (χ0) is 20.1. The molecule has 1 aromatic heterocycles. The summed E-state index contributed by atoms with van der Waals surface area (Å²) in [6, 6.07) is 6.19. The predicted molar refractivity (Wildman–Crippen MR) is 92.0 cm³/mol. The van der Waals surface area contributed by atoms with Crippen molar-refractivity contribution in [1.82, 2.24) is 9.97 Å². The molecule has 0 saturated heterocycles. The van der Waals surface area contributed by atoms with Crippen molar-refractivity contribution in [2.75, 3.05) is 10.0 Å². The van der Waals surface area contributed by atoms with Crippen LogP contribution in [0.4, 0.5) is 27.0 Å². The lowest BCUT2D eigenvalue weighted by Gasteiger charge is -2.18. The third-order valence-corrected chi connectivity index (χ3v) is 3.14. The highest BCUT2D eigenvalue weighted by atomic mass is 16.6. The van der Waals surface area contributed by atoms with E-state index in [0.717, 1.165) is 0 Å². The van der Waals surface area contributed by atoms with Gasteiger partial charge in [0.05, 0.1) is 4.92 Å². The SMILES string of the molecule is NC(=O)N(N)c1nc(OCc2ccccc2)c([N+](=O)[O-])c(N(N)C(N)=O)n1. The Bertz CT molecular complexity index is 876. The number of rotatable bonds is 6. The first-order chi connectivity index (χ1) is 12.7. The van der Waals surface area contributed by atoms with Gasteiger partial charge in [-0.3, -0.25) is 10.1 Å². The number of benzene rings is 1. The van der Waals surface area contributed by atoms with Crippen LogP contribution in [0.2, 0.25) is 0 Å². The molecule has 0 radical (unpaired) electrons. The van der Waals surface area contributed by atoms with Crippen LogP contribution in [0.1, 0.15) is 5.56 Å². The first kappa shape index (κ1) is 19.3. The van der Waals surface area contributed by atoms with Crippen molar-refractivity contribution in [2.45, 2.75) is 6.61 Å². The van der Waals surface area contributed by atoms with Gasteiger partial charge in [-0.05, 0) is 5.56 Å². The number of hydrazine groups is 2. The molecule has 14 nitrogen and oxygen atoms in total.